The molecule has 0 saturated carbocycles. The van der Waals surface area contributed by atoms with Gasteiger partial charge < -0.3 is 0 Å². The van der Waals surface area contributed by atoms with Crippen LogP contribution < -0.4 is 0 Å². The molecule has 0 saturated heterocycles. The number of nitro benzene ring substituents is 1. The SMILES string of the molecule is O=[N+]([O-])c1ccc(C=Cc2nc(-c3ccc(F)cc3)cs2)cc1. The van der Waals surface area contributed by atoms with E-state index in [9.17, 15) is 14.5 Å². The Morgan fingerprint density at radius 1 is 1.04 bits per heavy atom. The number of hydrogen-bond donors (Lipinski definition) is 0. The first-order chi connectivity index (χ1) is 11.1. The molecule has 0 aliphatic rings. The molecule has 114 valence electrons. The number of non-ortho nitro benzene ring substituents is 1. The van der Waals surface area contributed by atoms with Crippen LogP contribution in [0.2, 0.25) is 0 Å². The molecule has 0 atom stereocenters. The Labute approximate surface area is 135 Å². The van der Waals surface area contributed by atoms with Crippen molar-refractivity contribution < 1.29 is 9.31 Å². The molecule has 0 radical (unpaired) electrons. The van der Waals surface area contributed by atoms with Crippen molar-refractivity contribution in [3.05, 3.63) is 80.4 Å². The fourth-order valence-electron chi connectivity index (χ4n) is 1.99. The molecule has 1 aromatic heterocycles. The lowest BCUT2D eigenvalue weighted by Crippen LogP contribution is -1.86. The summed E-state index contributed by atoms with van der Waals surface area (Å²) in [5.74, 6) is -0.276. The number of benzene rings is 2. The highest BCUT2D eigenvalue weighted by Crippen LogP contribution is 2.23. The smallest absolute Gasteiger partial charge is 0.258 e. The molecule has 3 rings (SSSR count). The third-order valence-corrected chi connectivity index (χ3v) is 3.99. The Bertz CT molecular complexity index is 855. The quantitative estimate of drug-likeness (QED) is 0.499. The number of aromatic nitrogens is 1. The zero-order valence-electron chi connectivity index (χ0n) is 11.8. The second kappa shape index (κ2) is 6.50. The number of halogens is 1. The van der Waals surface area contributed by atoms with Gasteiger partial charge in [0.05, 0.1) is 10.6 Å². The van der Waals surface area contributed by atoms with E-state index in [4.69, 9.17) is 0 Å². The predicted molar refractivity (Wildman–Crippen MR) is 89.5 cm³/mol. The maximum Gasteiger partial charge on any atom is 0.269 e. The summed E-state index contributed by atoms with van der Waals surface area (Å²) in [6.45, 7) is 0. The van der Waals surface area contributed by atoms with Crippen LogP contribution in [0.1, 0.15) is 10.6 Å². The molecule has 0 fully saturated rings. The van der Waals surface area contributed by atoms with Crippen molar-refractivity contribution in [3.63, 3.8) is 0 Å². The van der Waals surface area contributed by atoms with Crippen molar-refractivity contribution >= 4 is 29.2 Å². The third-order valence-electron chi connectivity index (χ3n) is 3.18. The summed E-state index contributed by atoms with van der Waals surface area (Å²) < 4.78 is 12.9. The number of rotatable bonds is 4. The Kier molecular flexibility index (Phi) is 4.25. The number of hydrogen-bond acceptors (Lipinski definition) is 4. The molecule has 0 aliphatic carbocycles. The molecule has 4 nitrogen and oxygen atoms in total. The van der Waals surface area contributed by atoms with Crippen LogP contribution in [0, 0.1) is 15.9 Å². The van der Waals surface area contributed by atoms with Crippen molar-refractivity contribution in [3.8, 4) is 11.3 Å². The second-order valence-electron chi connectivity index (χ2n) is 4.76. The van der Waals surface area contributed by atoms with E-state index in [1.165, 1.54) is 35.6 Å². The van der Waals surface area contributed by atoms with Crippen molar-refractivity contribution in [2.75, 3.05) is 0 Å². The first-order valence-electron chi connectivity index (χ1n) is 6.76. The average molecular weight is 326 g/mol. The highest BCUT2D eigenvalue weighted by Gasteiger charge is 2.04. The van der Waals surface area contributed by atoms with Crippen LogP contribution in [0.25, 0.3) is 23.4 Å². The van der Waals surface area contributed by atoms with Gasteiger partial charge in [0, 0.05) is 23.1 Å². The van der Waals surface area contributed by atoms with Crippen molar-refractivity contribution in [1.82, 2.24) is 4.98 Å². The summed E-state index contributed by atoms with van der Waals surface area (Å²) in [5.41, 5.74) is 2.57. The first kappa shape index (κ1) is 15.1. The van der Waals surface area contributed by atoms with Gasteiger partial charge >= 0.3 is 0 Å². The molecular weight excluding hydrogens is 315 g/mol. The average Bonchev–Trinajstić information content (AvgIpc) is 3.03. The molecule has 6 heteroatoms. The van der Waals surface area contributed by atoms with Gasteiger partial charge in [-0.1, -0.05) is 6.08 Å². The maximum absolute atomic E-state index is 12.9. The van der Waals surface area contributed by atoms with E-state index in [2.05, 4.69) is 4.98 Å². The fraction of sp³-hybridized carbons (Fsp3) is 0. The Hall–Kier alpha value is -2.86. The van der Waals surface area contributed by atoms with E-state index >= 15 is 0 Å². The molecule has 3 aromatic rings. The first-order valence-corrected chi connectivity index (χ1v) is 7.64. The largest absolute Gasteiger partial charge is 0.269 e. The molecule has 0 N–H and O–H groups in total. The Morgan fingerprint density at radius 3 is 2.39 bits per heavy atom. The van der Waals surface area contributed by atoms with Gasteiger partial charge in [0.2, 0.25) is 0 Å². The third kappa shape index (κ3) is 3.67. The van der Waals surface area contributed by atoms with Gasteiger partial charge in [-0.25, -0.2) is 9.37 Å². The molecule has 0 amide bonds. The lowest BCUT2D eigenvalue weighted by atomic mass is 10.2. The number of thiazole rings is 1. The lowest BCUT2D eigenvalue weighted by Gasteiger charge is -1.95. The van der Waals surface area contributed by atoms with Gasteiger partial charge in [-0.3, -0.25) is 10.1 Å². The molecular formula is C17H11FN2O2S. The molecule has 0 bridgehead atoms. The van der Waals surface area contributed by atoms with E-state index < -0.39 is 4.92 Å². The highest BCUT2D eigenvalue weighted by molar-refractivity contribution is 7.10. The van der Waals surface area contributed by atoms with Gasteiger partial charge in [0.15, 0.2) is 0 Å². The molecule has 23 heavy (non-hydrogen) atoms. The number of nitrogens with zero attached hydrogens (tertiary/aromatic N) is 2. The molecule has 0 spiro atoms. The minimum Gasteiger partial charge on any atom is -0.258 e. The number of nitro groups is 1. The van der Waals surface area contributed by atoms with E-state index in [0.717, 1.165) is 21.8 Å². The van der Waals surface area contributed by atoms with Crippen molar-refractivity contribution in [1.29, 1.82) is 0 Å². The lowest BCUT2D eigenvalue weighted by molar-refractivity contribution is -0.384. The zero-order chi connectivity index (χ0) is 16.2. The van der Waals surface area contributed by atoms with Crippen LogP contribution in [-0.4, -0.2) is 9.91 Å². The predicted octanol–water partition coefficient (Wildman–Crippen LogP) is 5.03. The maximum atomic E-state index is 12.9. The van der Waals surface area contributed by atoms with Crippen molar-refractivity contribution in [2.24, 2.45) is 0 Å². The van der Waals surface area contributed by atoms with E-state index in [-0.39, 0.29) is 11.5 Å². The summed E-state index contributed by atoms with van der Waals surface area (Å²) in [6, 6.07) is 12.5. The monoisotopic (exact) mass is 326 g/mol. The van der Waals surface area contributed by atoms with Gasteiger partial charge in [-0.05, 0) is 48.0 Å². The zero-order valence-corrected chi connectivity index (χ0v) is 12.7. The van der Waals surface area contributed by atoms with Crippen LogP contribution in [0.4, 0.5) is 10.1 Å². The molecule has 1 heterocycles. The summed E-state index contributed by atoms with van der Waals surface area (Å²) in [6.07, 6.45) is 3.69. The highest BCUT2D eigenvalue weighted by atomic mass is 32.1. The fourth-order valence-corrected chi connectivity index (χ4v) is 2.71. The van der Waals surface area contributed by atoms with E-state index in [1.54, 1.807) is 24.3 Å². The van der Waals surface area contributed by atoms with Gasteiger partial charge in [-0.2, -0.15) is 0 Å². The molecule has 0 unspecified atom stereocenters. The van der Waals surface area contributed by atoms with Gasteiger partial charge in [-0.15, -0.1) is 11.3 Å². The summed E-state index contributed by atoms with van der Waals surface area (Å²) in [7, 11) is 0. The van der Waals surface area contributed by atoms with Crippen molar-refractivity contribution in [2.45, 2.75) is 0 Å². The summed E-state index contributed by atoms with van der Waals surface area (Å²) in [4.78, 5) is 14.7. The molecule has 0 aliphatic heterocycles. The van der Waals surface area contributed by atoms with Crippen LogP contribution in [0.3, 0.4) is 0 Å². The Morgan fingerprint density at radius 2 is 1.74 bits per heavy atom. The van der Waals surface area contributed by atoms with Gasteiger partial charge in [0.25, 0.3) is 5.69 Å². The summed E-state index contributed by atoms with van der Waals surface area (Å²) in [5, 5.41) is 13.3. The normalized spacial score (nSPS) is 11.0. The van der Waals surface area contributed by atoms with Crippen LogP contribution in [0.5, 0.6) is 0 Å². The minimum absolute atomic E-state index is 0.0648. The summed E-state index contributed by atoms with van der Waals surface area (Å²) >= 11 is 1.48. The van der Waals surface area contributed by atoms with Crippen LogP contribution >= 0.6 is 11.3 Å². The topological polar surface area (TPSA) is 56.0 Å². The Balaban J connectivity index is 1.75. The van der Waals surface area contributed by atoms with E-state index in [0.29, 0.717) is 0 Å². The van der Waals surface area contributed by atoms with Crippen LogP contribution in [0.15, 0.2) is 53.9 Å². The minimum atomic E-state index is -0.427. The van der Waals surface area contributed by atoms with E-state index in [1.807, 2.05) is 17.5 Å². The second-order valence-corrected chi connectivity index (χ2v) is 5.65. The van der Waals surface area contributed by atoms with Gasteiger partial charge in [0.1, 0.15) is 10.8 Å². The van der Waals surface area contributed by atoms with Crippen LogP contribution in [-0.2, 0) is 0 Å². The molecule has 2 aromatic carbocycles. The standard InChI is InChI=1S/C17H11FN2O2S/c18-14-6-4-13(5-7-14)16-11-23-17(19-16)10-3-12-1-8-15(9-2-12)20(21)22/h1-11H.